The molecule has 114 valence electrons. The number of fused-ring (bicyclic) bond motifs is 2. The number of aromatic nitrogens is 1. The third-order valence-electron chi connectivity index (χ3n) is 3.99. The van der Waals surface area contributed by atoms with Gasteiger partial charge < -0.3 is 0 Å². The molecule has 0 radical (unpaired) electrons. The van der Waals surface area contributed by atoms with E-state index >= 15 is 0 Å². The minimum atomic E-state index is 0. The van der Waals surface area contributed by atoms with Crippen molar-refractivity contribution < 1.29 is 0 Å². The lowest BCUT2D eigenvalue weighted by atomic mass is 9.96. The molecule has 0 bridgehead atoms. The molecule has 4 aromatic rings. The van der Waals surface area contributed by atoms with E-state index in [-0.39, 0.29) is 12.4 Å². The summed E-state index contributed by atoms with van der Waals surface area (Å²) in [7, 11) is 0. The highest BCUT2D eigenvalue weighted by molar-refractivity contribution is 6.30. The van der Waals surface area contributed by atoms with Crippen molar-refractivity contribution in [3.05, 3.63) is 88.9 Å². The number of rotatable bonds is 2. The van der Waals surface area contributed by atoms with Gasteiger partial charge in [0.2, 0.25) is 0 Å². The summed E-state index contributed by atoms with van der Waals surface area (Å²) >= 11 is 5.99. The molecule has 1 nitrogen and oxygen atoms in total. The van der Waals surface area contributed by atoms with E-state index in [0.717, 1.165) is 22.5 Å². The molecule has 0 saturated carbocycles. The van der Waals surface area contributed by atoms with Crippen LogP contribution in [0.25, 0.3) is 21.8 Å². The molecular weight excluding hydrogens is 325 g/mol. The smallest absolute Gasteiger partial charge is 0.0712 e. The third kappa shape index (κ3) is 3.03. The second-order valence-corrected chi connectivity index (χ2v) is 5.86. The maximum Gasteiger partial charge on any atom is 0.0712 e. The highest BCUT2D eigenvalue weighted by Gasteiger charge is 2.09. The van der Waals surface area contributed by atoms with E-state index in [9.17, 15) is 0 Å². The van der Waals surface area contributed by atoms with E-state index in [1.54, 1.807) is 0 Å². The van der Waals surface area contributed by atoms with Gasteiger partial charge in [-0.2, -0.15) is 0 Å². The van der Waals surface area contributed by atoms with Crippen molar-refractivity contribution in [2.75, 3.05) is 0 Å². The van der Waals surface area contributed by atoms with Gasteiger partial charge in [0.15, 0.2) is 0 Å². The number of hydrogen-bond donors (Lipinski definition) is 0. The van der Waals surface area contributed by atoms with Crippen LogP contribution in [0.4, 0.5) is 0 Å². The minimum absolute atomic E-state index is 0. The molecule has 0 N–H and O–H groups in total. The Labute approximate surface area is 146 Å². The summed E-state index contributed by atoms with van der Waals surface area (Å²) in [6.07, 6.45) is 0.876. The van der Waals surface area contributed by atoms with Crippen LogP contribution < -0.4 is 0 Å². The van der Waals surface area contributed by atoms with Gasteiger partial charge in [-0.25, -0.2) is 4.98 Å². The van der Waals surface area contributed by atoms with Crippen LogP contribution in [0.3, 0.4) is 0 Å². The highest BCUT2D eigenvalue weighted by atomic mass is 35.5. The fourth-order valence-corrected chi connectivity index (χ4v) is 3.05. The lowest BCUT2D eigenvalue weighted by Gasteiger charge is -2.11. The number of halogens is 2. The molecule has 0 amide bonds. The molecule has 0 atom stereocenters. The molecule has 0 aliphatic heterocycles. The van der Waals surface area contributed by atoms with Gasteiger partial charge in [-0.05, 0) is 41.8 Å². The molecule has 3 heteroatoms. The second kappa shape index (κ2) is 6.57. The van der Waals surface area contributed by atoms with Crippen LogP contribution >= 0.6 is 24.0 Å². The lowest BCUT2D eigenvalue weighted by Crippen LogP contribution is -1.94. The van der Waals surface area contributed by atoms with Gasteiger partial charge in [0.25, 0.3) is 0 Å². The molecule has 0 fully saturated rings. The molecule has 0 spiro atoms. The van der Waals surface area contributed by atoms with Crippen molar-refractivity contribution in [2.45, 2.75) is 6.42 Å². The minimum Gasteiger partial charge on any atom is -0.248 e. The zero-order chi connectivity index (χ0) is 14.9. The van der Waals surface area contributed by atoms with Crippen molar-refractivity contribution in [2.24, 2.45) is 0 Å². The van der Waals surface area contributed by atoms with E-state index in [4.69, 9.17) is 16.6 Å². The first-order chi connectivity index (χ1) is 10.8. The largest absolute Gasteiger partial charge is 0.248 e. The molecule has 0 aliphatic rings. The van der Waals surface area contributed by atoms with Gasteiger partial charge in [-0.3, -0.25) is 0 Å². The zero-order valence-electron chi connectivity index (χ0n) is 12.4. The maximum absolute atomic E-state index is 5.99. The predicted octanol–water partition coefficient (Wildman–Crippen LogP) is 6.05. The summed E-state index contributed by atoms with van der Waals surface area (Å²) in [5.41, 5.74) is 4.67. The predicted molar refractivity (Wildman–Crippen MR) is 101 cm³/mol. The molecular formula is C20H15Cl2N. The van der Waals surface area contributed by atoms with Gasteiger partial charge in [-0.1, -0.05) is 60.1 Å². The Hall–Kier alpha value is -2.09. The number of hydrogen-bond acceptors (Lipinski definition) is 1. The first kappa shape index (κ1) is 15.8. The number of pyridine rings is 1. The van der Waals surface area contributed by atoms with Crippen LogP contribution in [0, 0.1) is 0 Å². The van der Waals surface area contributed by atoms with E-state index in [2.05, 4.69) is 48.5 Å². The van der Waals surface area contributed by atoms with Crippen molar-refractivity contribution in [1.82, 2.24) is 4.98 Å². The Kier molecular flexibility index (Phi) is 4.51. The third-order valence-corrected chi connectivity index (χ3v) is 4.25. The van der Waals surface area contributed by atoms with Crippen LogP contribution in [-0.2, 0) is 6.42 Å². The summed E-state index contributed by atoms with van der Waals surface area (Å²) in [5, 5.41) is 3.21. The van der Waals surface area contributed by atoms with Crippen molar-refractivity contribution in [1.29, 1.82) is 0 Å². The quantitative estimate of drug-likeness (QED) is 0.405. The molecule has 0 unspecified atom stereocenters. The van der Waals surface area contributed by atoms with E-state index < -0.39 is 0 Å². The SMILES string of the molecule is Cl.Clc1ccc(Cc2c3ccccc3nc3ccccc23)cc1. The average molecular weight is 340 g/mol. The fraction of sp³-hybridized carbons (Fsp3) is 0.0500. The Balaban J connectivity index is 0.00000156. The van der Waals surface area contributed by atoms with Gasteiger partial charge in [0, 0.05) is 15.8 Å². The molecule has 23 heavy (non-hydrogen) atoms. The number of nitrogens with zero attached hydrogens (tertiary/aromatic N) is 1. The van der Waals surface area contributed by atoms with Crippen LogP contribution in [0.15, 0.2) is 72.8 Å². The lowest BCUT2D eigenvalue weighted by molar-refractivity contribution is 1.23. The van der Waals surface area contributed by atoms with E-state index in [0.29, 0.717) is 0 Å². The second-order valence-electron chi connectivity index (χ2n) is 5.43. The normalized spacial score (nSPS) is 10.7. The summed E-state index contributed by atoms with van der Waals surface area (Å²) in [6, 6.07) is 24.8. The molecule has 0 saturated heterocycles. The van der Waals surface area contributed by atoms with Crippen LogP contribution in [0.1, 0.15) is 11.1 Å². The van der Waals surface area contributed by atoms with Gasteiger partial charge >= 0.3 is 0 Å². The van der Waals surface area contributed by atoms with Gasteiger partial charge in [-0.15, -0.1) is 12.4 Å². The molecule has 3 aromatic carbocycles. The molecule has 1 heterocycles. The topological polar surface area (TPSA) is 12.9 Å². The van der Waals surface area contributed by atoms with Gasteiger partial charge in [0.1, 0.15) is 0 Å². The Morgan fingerprint density at radius 3 is 1.78 bits per heavy atom. The monoisotopic (exact) mass is 339 g/mol. The van der Waals surface area contributed by atoms with E-state index in [1.807, 2.05) is 24.3 Å². The fourth-order valence-electron chi connectivity index (χ4n) is 2.92. The molecule has 1 aromatic heterocycles. The van der Waals surface area contributed by atoms with Crippen LogP contribution in [-0.4, -0.2) is 4.98 Å². The first-order valence-electron chi connectivity index (χ1n) is 7.32. The Morgan fingerprint density at radius 2 is 1.22 bits per heavy atom. The zero-order valence-corrected chi connectivity index (χ0v) is 13.9. The number of para-hydroxylation sites is 2. The molecule has 4 rings (SSSR count). The number of benzene rings is 3. The summed E-state index contributed by atoms with van der Waals surface area (Å²) in [6.45, 7) is 0. The Bertz CT molecular complexity index is 908. The van der Waals surface area contributed by atoms with E-state index in [1.165, 1.54) is 21.9 Å². The van der Waals surface area contributed by atoms with Crippen molar-refractivity contribution in [3.8, 4) is 0 Å². The van der Waals surface area contributed by atoms with Crippen molar-refractivity contribution >= 4 is 45.8 Å². The summed E-state index contributed by atoms with van der Waals surface area (Å²) in [5.74, 6) is 0. The standard InChI is InChI=1S/C20H14ClN.ClH/c21-15-11-9-14(10-12-15)13-18-16-5-1-3-7-19(16)22-20-8-4-2-6-17(18)20;/h1-12H,13H2;1H. The maximum atomic E-state index is 5.99. The average Bonchev–Trinajstić information content (AvgIpc) is 2.56. The first-order valence-corrected chi connectivity index (χ1v) is 7.70. The van der Waals surface area contributed by atoms with Crippen LogP contribution in [0.2, 0.25) is 5.02 Å². The summed E-state index contributed by atoms with van der Waals surface area (Å²) in [4.78, 5) is 4.77. The van der Waals surface area contributed by atoms with Gasteiger partial charge in [0.05, 0.1) is 11.0 Å². The highest BCUT2D eigenvalue weighted by Crippen LogP contribution is 2.28. The van der Waals surface area contributed by atoms with Crippen LogP contribution in [0.5, 0.6) is 0 Å². The summed E-state index contributed by atoms with van der Waals surface area (Å²) < 4.78 is 0. The Morgan fingerprint density at radius 1 is 0.696 bits per heavy atom. The molecule has 0 aliphatic carbocycles. The van der Waals surface area contributed by atoms with Crippen molar-refractivity contribution in [3.63, 3.8) is 0 Å².